The number of anilines is 2. The zero-order valence-corrected chi connectivity index (χ0v) is 11.7. The van der Waals surface area contributed by atoms with Gasteiger partial charge in [0.15, 0.2) is 10.9 Å². The molecule has 0 radical (unpaired) electrons. The Morgan fingerprint density at radius 2 is 2.26 bits per heavy atom. The fourth-order valence-corrected chi connectivity index (χ4v) is 2.95. The van der Waals surface area contributed by atoms with Crippen LogP contribution in [0.4, 0.5) is 10.9 Å². The molecule has 0 amide bonds. The van der Waals surface area contributed by atoms with Gasteiger partial charge in [0.05, 0.1) is 18.1 Å². The minimum Gasteiger partial charge on any atom is -0.315 e. The summed E-state index contributed by atoms with van der Waals surface area (Å²) < 4.78 is 0. The molecule has 1 aliphatic rings. The number of aromatic nitrogens is 3. The second-order valence-electron chi connectivity index (χ2n) is 4.89. The molecule has 19 heavy (non-hydrogen) atoms. The van der Waals surface area contributed by atoms with Crippen LogP contribution >= 0.6 is 11.3 Å². The number of thiazole rings is 1. The lowest BCUT2D eigenvalue weighted by Crippen LogP contribution is -2.31. The molecular formula is C13H17N5S. The molecule has 6 heteroatoms. The van der Waals surface area contributed by atoms with Crippen LogP contribution in [0.5, 0.6) is 0 Å². The molecule has 5 nitrogen and oxygen atoms in total. The van der Waals surface area contributed by atoms with Crippen LogP contribution in [0.15, 0.2) is 24.0 Å². The van der Waals surface area contributed by atoms with Crippen molar-refractivity contribution in [3.8, 4) is 0 Å². The van der Waals surface area contributed by atoms with Crippen LogP contribution in [-0.4, -0.2) is 40.0 Å². The first-order chi connectivity index (χ1) is 9.31. The first-order valence-electron chi connectivity index (χ1n) is 6.48. The van der Waals surface area contributed by atoms with Crippen LogP contribution in [0.1, 0.15) is 24.5 Å². The Morgan fingerprint density at radius 1 is 1.32 bits per heavy atom. The fourth-order valence-electron chi connectivity index (χ4n) is 2.42. The summed E-state index contributed by atoms with van der Waals surface area (Å²) >= 11 is 1.55. The Morgan fingerprint density at radius 3 is 2.95 bits per heavy atom. The SMILES string of the molecule is CN1CCCC(c2cnc(Nc3nccs3)cn2)C1. The van der Waals surface area contributed by atoms with E-state index in [1.54, 1.807) is 23.7 Å². The van der Waals surface area contributed by atoms with Gasteiger partial charge >= 0.3 is 0 Å². The van der Waals surface area contributed by atoms with Crippen molar-refractivity contribution in [3.05, 3.63) is 29.7 Å². The molecule has 3 rings (SSSR count). The van der Waals surface area contributed by atoms with E-state index in [0.29, 0.717) is 5.92 Å². The van der Waals surface area contributed by atoms with Crippen molar-refractivity contribution in [1.29, 1.82) is 0 Å². The van der Waals surface area contributed by atoms with Crippen LogP contribution in [0.3, 0.4) is 0 Å². The van der Waals surface area contributed by atoms with Crippen molar-refractivity contribution in [2.45, 2.75) is 18.8 Å². The van der Waals surface area contributed by atoms with Crippen molar-refractivity contribution in [2.75, 3.05) is 25.5 Å². The zero-order valence-electron chi connectivity index (χ0n) is 10.9. The quantitative estimate of drug-likeness (QED) is 0.932. The molecule has 1 saturated heterocycles. The third kappa shape index (κ3) is 3.08. The number of likely N-dealkylation sites (N-methyl/N-ethyl adjacent to an activating group) is 1. The molecule has 0 saturated carbocycles. The van der Waals surface area contributed by atoms with Gasteiger partial charge in [-0.25, -0.2) is 9.97 Å². The Hall–Kier alpha value is -1.53. The monoisotopic (exact) mass is 275 g/mol. The molecule has 2 aromatic rings. The molecule has 1 aliphatic heterocycles. The van der Waals surface area contributed by atoms with E-state index < -0.39 is 0 Å². The largest absolute Gasteiger partial charge is 0.315 e. The smallest absolute Gasteiger partial charge is 0.188 e. The Bertz CT molecular complexity index is 510. The molecule has 1 N–H and O–H groups in total. The fraction of sp³-hybridized carbons (Fsp3) is 0.462. The molecule has 1 fully saturated rings. The number of rotatable bonds is 3. The molecule has 0 aliphatic carbocycles. The average molecular weight is 275 g/mol. The molecule has 0 spiro atoms. The molecule has 1 atom stereocenters. The summed E-state index contributed by atoms with van der Waals surface area (Å²) in [5, 5.41) is 5.93. The minimum atomic E-state index is 0.514. The van der Waals surface area contributed by atoms with Crippen molar-refractivity contribution >= 4 is 22.3 Å². The standard InChI is InChI=1S/C13H17N5S/c1-18-5-2-3-10(9-18)11-7-16-12(8-15-11)17-13-14-4-6-19-13/h4,6-8,10H,2-3,5,9H2,1H3,(H,14,16,17). The van der Waals surface area contributed by atoms with Gasteiger partial charge in [-0.15, -0.1) is 11.3 Å². The van der Waals surface area contributed by atoms with Crippen molar-refractivity contribution in [2.24, 2.45) is 0 Å². The van der Waals surface area contributed by atoms with Crippen LogP contribution in [0, 0.1) is 0 Å². The van der Waals surface area contributed by atoms with Crippen LogP contribution < -0.4 is 5.32 Å². The molecule has 0 aromatic carbocycles. The molecule has 1 unspecified atom stereocenters. The number of nitrogens with one attached hydrogen (secondary N) is 1. The summed E-state index contributed by atoms with van der Waals surface area (Å²) in [5.41, 5.74) is 1.09. The third-order valence-corrected chi connectivity index (χ3v) is 4.07. The van der Waals surface area contributed by atoms with E-state index in [-0.39, 0.29) is 0 Å². The maximum Gasteiger partial charge on any atom is 0.188 e. The van der Waals surface area contributed by atoms with Crippen molar-refractivity contribution in [1.82, 2.24) is 19.9 Å². The average Bonchev–Trinajstić information content (AvgIpc) is 2.92. The summed E-state index contributed by atoms with van der Waals surface area (Å²) in [5.74, 6) is 1.27. The lowest BCUT2D eigenvalue weighted by atomic mass is 9.95. The van der Waals surface area contributed by atoms with Crippen molar-refractivity contribution < 1.29 is 0 Å². The van der Waals surface area contributed by atoms with Gasteiger partial charge in [-0.05, 0) is 26.4 Å². The predicted molar refractivity (Wildman–Crippen MR) is 76.9 cm³/mol. The van der Waals surface area contributed by atoms with Gasteiger partial charge in [-0.2, -0.15) is 0 Å². The topological polar surface area (TPSA) is 53.9 Å². The number of hydrogen-bond donors (Lipinski definition) is 1. The first-order valence-corrected chi connectivity index (χ1v) is 7.36. The van der Waals surface area contributed by atoms with Gasteiger partial charge in [0.25, 0.3) is 0 Å². The normalized spacial score (nSPS) is 20.4. The Kier molecular flexibility index (Phi) is 3.70. The van der Waals surface area contributed by atoms with E-state index in [2.05, 4.69) is 32.2 Å². The van der Waals surface area contributed by atoms with E-state index in [4.69, 9.17) is 0 Å². The van der Waals surface area contributed by atoms with E-state index in [1.807, 2.05) is 11.6 Å². The van der Waals surface area contributed by atoms with E-state index in [1.165, 1.54) is 19.4 Å². The van der Waals surface area contributed by atoms with E-state index >= 15 is 0 Å². The van der Waals surface area contributed by atoms with Crippen LogP contribution in [-0.2, 0) is 0 Å². The number of piperidine rings is 1. The zero-order chi connectivity index (χ0) is 13.1. The molecule has 3 heterocycles. The van der Waals surface area contributed by atoms with Gasteiger partial charge in [-0.1, -0.05) is 0 Å². The lowest BCUT2D eigenvalue weighted by Gasteiger charge is -2.29. The molecule has 0 bridgehead atoms. The number of hydrogen-bond acceptors (Lipinski definition) is 6. The second kappa shape index (κ2) is 5.63. The van der Waals surface area contributed by atoms with Gasteiger partial charge in [0, 0.05) is 24.0 Å². The summed E-state index contributed by atoms with van der Waals surface area (Å²) in [7, 11) is 2.16. The summed E-state index contributed by atoms with van der Waals surface area (Å²) in [6, 6.07) is 0. The maximum atomic E-state index is 4.54. The van der Waals surface area contributed by atoms with Gasteiger partial charge < -0.3 is 10.2 Å². The van der Waals surface area contributed by atoms with E-state index in [0.717, 1.165) is 23.2 Å². The summed E-state index contributed by atoms with van der Waals surface area (Å²) in [6.07, 6.45) is 7.90. The molecule has 2 aromatic heterocycles. The number of likely N-dealkylation sites (tertiary alicyclic amines) is 1. The van der Waals surface area contributed by atoms with Crippen LogP contribution in [0.2, 0.25) is 0 Å². The highest BCUT2D eigenvalue weighted by Gasteiger charge is 2.20. The highest BCUT2D eigenvalue weighted by atomic mass is 32.1. The first kappa shape index (κ1) is 12.5. The maximum absolute atomic E-state index is 4.54. The Balaban J connectivity index is 1.68. The summed E-state index contributed by atoms with van der Waals surface area (Å²) in [6.45, 7) is 2.27. The number of nitrogens with zero attached hydrogens (tertiary/aromatic N) is 4. The lowest BCUT2D eigenvalue weighted by molar-refractivity contribution is 0.248. The third-order valence-electron chi connectivity index (χ3n) is 3.38. The van der Waals surface area contributed by atoms with E-state index in [9.17, 15) is 0 Å². The van der Waals surface area contributed by atoms with Crippen LogP contribution in [0.25, 0.3) is 0 Å². The molecular weight excluding hydrogens is 258 g/mol. The second-order valence-corrected chi connectivity index (χ2v) is 5.78. The highest BCUT2D eigenvalue weighted by Crippen LogP contribution is 2.25. The summed E-state index contributed by atoms with van der Waals surface area (Å²) in [4.78, 5) is 15.5. The van der Waals surface area contributed by atoms with Crippen molar-refractivity contribution in [3.63, 3.8) is 0 Å². The Labute approximate surface area is 116 Å². The van der Waals surface area contributed by atoms with Gasteiger partial charge in [0.2, 0.25) is 0 Å². The predicted octanol–water partition coefficient (Wildman–Crippen LogP) is 2.49. The minimum absolute atomic E-state index is 0.514. The van der Waals surface area contributed by atoms with Gasteiger partial charge in [-0.3, -0.25) is 4.98 Å². The van der Waals surface area contributed by atoms with Gasteiger partial charge in [0.1, 0.15) is 0 Å². The highest BCUT2D eigenvalue weighted by molar-refractivity contribution is 7.13. The molecule has 100 valence electrons.